The third-order valence-electron chi connectivity index (χ3n) is 3.96. The first kappa shape index (κ1) is 14.9. The van der Waals surface area contributed by atoms with E-state index in [1.165, 1.54) is 7.11 Å². The van der Waals surface area contributed by atoms with Gasteiger partial charge in [-0.2, -0.15) is 0 Å². The lowest BCUT2D eigenvalue weighted by Gasteiger charge is -2.33. The van der Waals surface area contributed by atoms with Gasteiger partial charge in [0.05, 0.1) is 18.4 Å². The lowest BCUT2D eigenvalue weighted by Crippen LogP contribution is -2.35. The van der Waals surface area contributed by atoms with Crippen LogP contribution in [0, 0.1) is 0 Å². The minimum atomic E-state index is -0.392. The predicted molar refractivity (Wildman–Crippen MR) is 86.4 cm³/mol. The highest BCUT2D eigenvalue weighted by Gasteiger charge is 2.38. The number of Topliss-reactive ketones (excluding diaryl/α,β-unsaturated/α-hetero) is 1. The molecule has 0 bridgehead atoms. The van der Waals surface area contributed by atoms with E-state index in [0.717, 1.165) is 22.7 Å². The fourth-order valence-corrected chi connectivity index (χ4v) is 3.90. The zero-order chi connectivity index (χ0) is 15.7. The number of methoxy groups -OCH3 is 1. The Balaban J connectivity index is 2.18. The number of nitrogens with one attached hydrogen (secondary N) is 1. The van der Waals surface area contributed by atoms with E-state index in [4.69, 9.17) is 4.74 Å². The van der Waals surface area contributed by atoms with E-state index in [1.807, 2.05) is 37.3 Å². The molecule has 4 nitrogen and oxygen atoms in total. The highest BCUT2D eigenvalue weighted by Crippen LogP contribution is 2.41. The molecule has 114 valence electrons. The largest absolute Gasteiger partial charge is 0.466 e. The average Bonchev–Trinajstić information content (AvgIpc) is 2.54. The topological polar surface area (TPSA) is 55.4 Å². The van der Waals surface area contributed by atoms with Crippen molar-refractivity contribution in [1.82, 2.24) is 5.32 Å². The van der Waals surface area contributed by atoms with E-state index in [2.05, 4.69) is 5.32 Å². The van der Waals surface area contributed by atoms with Gasteiger partial charge in [0.15, 0.2) is 5.78 Å². The molecule has 1 N–H and O–H groups in total. The van der Waals surface area contributed by atoms with Gasteiger partial charge in [-0.3, -0.25) is 4.79 Å². The summed E-state index contributed by atoms with van der Waals surface area (Å²) in [5.74, 6) is 0.560. The van der Waals surface area contributed by atoms with Crippen molar-refractivity contribution >= 4 is 23.5 Å². The molecule has 0 aliphatic carbocycles. The number of allylic oxidation sites excluding steroid dienone is 2. The van der Waals surface area contributed by atoms with Crippen molar-refractivity contribution in [2.24, 2.45) is 0 Å². The van der Waals surface area contributed by atoms with Crippen LogP contribution in [0.25, 0.3) is 0 Å². The monoisotopic (exact) mass is 315 g/mol. The minimum absolute atomic E-state index is 0.0847. The highest BCUT2D eigenvalue weighted by molar-refractivity contribution is 8.00. The van der Waals surface area contributed by atoms with E-state index < -0.39 is 5.97 Å². The number of rotatable bonds is 2. The summed E-state index contributed by atoms with van der Waals surface area (Å²) in [6.45, 7) is 1.86. The standard InChI is InChI=1S/C17H17NO3S/c1-10-14(17(20)21-2)15(11-6-4-3-5-7-11)16-12(18-10)8-22-9-13(16)19/h3-7,15,18H,8-9H2,1-2H3. The van der Waals surface area contributed by atoms with E-state index in [-0.39, 0.29) is 11.7 Å². The van der Waals surface area contributed by atoms with Crippen molar-refractivity contribution in [2.75, 3.05) is 18.6 Å². The molecule has 0 fully saturated rings. The second-order valence-electron chi connectivity index (χ2n) is 5.31. The molecular formula is C17H17NO3S. The Morgan fingerprint density at radius 2 is 2.00 bits per heavy atom. The van der Waals surface area contributed by atoms with Crippen LogP contribution in [-0.2, 0) is 14.3 Å². The molecule has 1 atom stereocenters. The number of carbonyl (C=O) groups excluding carboxylic acids is 2. The van der Waals surface area contributed by atoms with Crippen molar-refractivity contribution in [3.05, 3.63) is 58.4 Å². The smallest absolute Gasteiger partial charge is 0.336 e. The predicted octanol–water partition coefficient (Wildman–Crippen LogP) is 2.39. The minimum Gasteiger partial charge on any atom is -0.466 e. The summed E-state index contributed by atoms with van der Waals surface area (Å²) in [5, 5.41) is 3.23. The second-order valence-corrected chi connectivity index (χ2v) is 6.29. The van der Waals surface area contributed by atoms with E-state index in [9.17, 15) is 9.59 Å². The van der Waals surface area contributed by atoms with Crippen molar-refractivity contribution in [2.45, 2.75) is 12.8 Å². The van der Waals surface area contributed by atoms with Crippen LogP contribution in [0.3, 0.4) is 0 Å². The molecular weight excluding hydrogens is 298 g/mol. The molecule has 2 aliphatic rings. The molecule has 0 saturated carbocycles. The van der Waals surface area contributed by atoms with E-state index in [1.54, 1.807) is 11.8 Å². The van der Waals surface area contributed by atoms with Gasteiger partial charge in [0, 0.05) is 28.6 Å². The lowest BCUT2D eigenvalue weighted by molar-refractivity contribution is -0.136. The summed E-state index contributed by atoms with van der Waals surface area (Å²) in [4.78, 5) is 24.8. The van der Waals surface area contributed by atoms with Gasteiger partial charge in [0.1, 0.15) is 0 Å². The number of esters is 1. The Hall–Kier alpha value is -2.01. The first-order valence-electron chi connectivity index (χ1n) is 7.08. The summed E-state index contributed by atoms with van der Waals surface area (Å²) >= 11 is 1.59. The van der Waals surface area contributed by atoms with Crippen LogP contribution in [0.2, 0.25) is 0 Å². The summed E-state index contributed by atoms with van der Waals surface area (Å²) in [5.41, 5.74) is 3.84. The zero-order valence-corrected chi connectivity index (χ0v) is 13.3. The molecule has 0 radical (unpaired) electrons. The summed E-state index contributed by atoms with van der Waals surface area (Å²) in [7, 11) is 1.37. The Morgan fingerprint density at radius 3 is 2.68 bits per heavy atom. The molecule has 0 saturated heterocycles. The van der Waals surface area contributed by atoms with Gasteiger partial charge in [-0.25, -0.2) is 4.79 Å². The molecule has 0 aromatic heterocycles. The van der Waals surface area contributed by atoms with Crippen LogP contribution in [0.15, 0.2) is 52.9 Å². The quantitative estimate of drug-likeness (QED) is 0.849. The molecule has 2 heterocycles. The molecule has 1 aromatic carbocycles. The van der Waals surface area contributed by atoms with Crippen LogP contribution < -0.4 is 5.32 Å². The van der Waals surface area contributed by atoms with Crippen LogP contribution in [0.1, 0.15) is 18.4 Å². The van der Waals surface area contributed by atoms with Gasteiger partial charge >= 0.3 is 5.97 Å². The second kappa shape index (κ2) is 6.01. The van der Waals surface area contributed by atoms with Gasteiger partial charge in [0.2, 0.25) is 0 Å². The maximum absolute atomic E-state index is 12.5. The number of benzene rings is 1. The number of dihydropyridines is 1. The third kappa shape index (κ3) is 2.46. The normalized spacial score (nSPS) is 21.4. The van der Waals surface area contributed by atoms with Crippen molar-refractivity contribution in [3.8, 4) is 0 Å². The number of ether oxygens (including phenoxy) is 1. The van der Waals surface area contributed by atoms with E-state index >= 15 is 0 Å². The van der Waals surface area contributed by atoms with Crippen LogP contribution in [0.4, 0.5) is 0 Å². The van der Waals surface area contributed by atoms with Crippen LogP contribution in [0.5, 0.6) is 0 Å². The number of hydrogen-bond acceptors (Lipinski definition) is 5. The fraction of sp³-hybridized carbons (Fsp3) is 0.294. The maximum atomic E-state index is 12.5. The Bertz CT molecular complexity index is 691. The lowest BCUT2D eigenvalue weighted by atomic mass is 9.79. The molecule has 1 unspecified atom stereocenters. The van der Waals surface area contributed by atoms with Gasteiger partial charge < -0.3 is 10.1 Å². The van der Waals surface area contributed by atoms with Gasteiger partial charge in [-0.05, 0) is 12.5 Å². The first-order chi connectivity index (χ1) is 10.6. The molecule has 1 aromatic rings. The molecule has 0 spiro atoms. The number of carbonyl (C=O) groups is 2. The number of ketones is 1. The summed E-state index contributed by atoms with van der Waals surface area (Å²) < 4.78 is 4.95. The summed E-state index contributed by atoms with van der Waals surface area (Å²) in [6.07, 6.45) is 0. The Kier molecular flexibility index (Phi) is 4.07. The van der Waals surface area contributed by atoms with Gasteiger partial charge in [-0.1, -0.05) is 30.3 Å². The highest BCUT2D eigenvalue weighted by atomic mass is 32.2. The zero-order valence-electron chi connectivity index (χ0n) is 12.5. The number of hydrogen-bond donors (Lipinski definition) is 1. The molecule has 22 heavy (non-hydrogen) atoms. The van der Waals surface area contributed by atoms with Crippen molar-refractivity contribution in [1.29, 1.82) is 0 Å². The van der Waals surface area contributed by atoms with Gasteiger partial charge in [-0.15, -0.1) is 11.8 Å². The Labute approximate surface area is 133 Å². The van der Waals surface area contributed by atoms with E-state index in [0.29, 0.717) is 16.9 Å². The summed E-state index contributed by atoms with van der Waals surface area (Å²) in [6, 6.07) is 9.66. The average molecular weight is 315 g/mol. The molecule has 5 heteroatoms. The van der Waals surface area contributed by atoms with Gasteiger partial charge in [0.25, 0.3) is 0 Å². The third-order valence-corrected chi connectivity index (χ3v) is 4.92. The van der Waals surface area contributed by atoms with Crippen LogP contribution >= 0.6 is 11.8 Å². The number of thioether (sulfide) groups is 1. The molecule has 2 aliphatic heterocycles. The molecule has 0 amide bonds. The maximum Gasteiger partial charge on any atom is 0.336 e. The first-order valence-corrected chi connectivity index (χ1v) is 8.24. The Morgan fingerprint density at radius 1 is 1.27 bits per heavy atom. The van der Waals surface area contributed by atoms with Crippen molar-refractivity contribution < 1.29 is 14.3 Å². The van der Waals surface area contributed by atoms with Crippen LogP contribution in [-0.4, -0.2) is 30.4 Å². The SMILES string of the molecule is COC(=O)C1=C(C)NC2=C(C(=O)CSC2)C1c1ccccc1. The fourth-order valence-electron chi connectivity index (χ4n) is 3.02. The van der Waals surface area contributed by atoms with Crippen molar-refractivity contribution in [3.63, 3.8) is 0 Å². The molecule has 3 rings (SSSR count).